The van der Waals surface area contributed by atoms with Gasteiger partial charge in [0.05, 0.1) is 0 Å². The maximum Gasteiger partial charge on any atom is 0.303 e. The molecule has 4 nitrogen and oxygen atoms in total. The average Bonchev–Trinajstić information content (AvgIpc) is 1.99. The Kier molecular flexibility index (Phi) is 4.60. The van der Waals surface area contributed by atoms with Gasteiger partial charge in [-0.2, -0.15) is 0 Å². The Balaban J connectivity index is 3.89. The fourth-order valence-electron chi connectivity index (χ4n) is 0.852. The van der Waals surface area contributed by atoms with Gasteiger partial charge in [-0.15, -0.1) is 0 Å². The highest BCUT2D eigenvalue weighted by Crippen LogP contribution is 2.13. The summed E-state index contributed by atoms with van der Waals surface area (Å²) >= 11 is 0. The normalized spacial score (nSPS) is 13.4. The van der Waals surface area contributed by atoms with Crippen molar-refractivity contribution in [2.75, 3.05) is 0 Å². The van der Waals surface area contributed by atoms with Gasteiger partial charge in [-0.1, -0.05) is 20.8 Å². The number of carboxylic acids is 1. The van der Waals surface area contributed by atoms with Crippen LogP contribution in [0.15, 0.2) is 0 Å². The van der Waals surface area contributed by atoms with Gasteiger partial charge >= 0.3 is 5.97 Å². The van der Waals surface area contributed by atoms with E-state index in [0.29, 0.717) is 6.42 Å². The van der Waals surface area contributed by atoms with Crippen LogP contribution < -0.4 is 5.32 Å². The van der Waals surface area contributed by atoms with Crippen molar-refractivity contribution >= 4 is 11.9 Å². The van der Waals surface area contributed by atoms with Crippen molar-refractivity contribution in [1.82, 2.24) is 5.32 Å². The zero-order valence-electron chi connectivity index (χ0n) is 9.26. The molecule has 0 bridgehead atoms. The number of carbonyl (C=O) groups is 2. The monoisotopic (exact) mass is 201 g/mol. The van der Waals surface area contributed by atoms with Crippen LogP contribution in [-0.2, 0) is 9.59 Å². The SMILES string of the molecule is CC(CCC(=O)O)NC(=O)C(C)(C)C. The molecule has 0 rings (SSSR count). The molecule has 2 N–H and O–H groups in total. The van der Waals surface area contributed by atoms with Crippen molar-refractivity contribution in [3.8, 4) is 0 Å². The minimum absolute atomic E-state index is 0.0459. The number of carbonyl (C=O) groups excluding carboxylic acids is 1. The lowest BCUT2D eigenvalue weighted by molar-refractivity contribution is -0.137. The summed E-state index contributed by atoms with van der Waals surface area (Å²) in [5.41, 5.74) is -0.419. The van der Waals surface area contributed by atoms with E-state index in [9.17, 15) is 9.59 Å². The van der Waals surface area contributed by atoms with E-state index < -0.39 is 11.4 Å². The molecule has 0 fully saturated rings. The lowest BCUT2D eigenvalue weighted by atomic mass is 9.95. The number of rotatable bonds is 4. The summed E-state index contributed by atoms with van der Waals surface area (Å²) in [4.78, 5) is 21.7. The number of amides is 1. The maximum absolute atomic E-state index is 11.5. The van der Waals surface area contributed by atoms with E-state index in [4.69, 9.17) is 5.11 Å². The molecule has 0 saturated heterocycles. The smallest absolute Gasteiger partial charge is 0.303 e. The third-order valence-electron chi connectivity index (χ3n) is 1.85. The molecule has 0 spiro atoms. The Morgan fingerprint density at radius 3 is 2.21 bits per heavy atom. The third kappa shape index (κ3) is 5.56. The molecule has 0 saturated carbocycles. The van der Waals surface area contributed by atoms with Gasteiger partial charge in [-0.3, -0.25) is 9.59 Å². The van der Waals surface area contributed by atoms with Gasteiger partial charge < -0.3 is 10.4 Å². The quantitative estimate of drug-likeness (QED) is 0.722. The van der Waals surface area contributed by atoms with E-state index in [0.717, 1.165) is 0 Å². The Bertz CT molecular complexity index is 218. The molecule has 0 radical (unpaired) electrons. The second-order valence-corrected chi connectivity index (χ2v) is 4.56. The van der Waals surface area contributed by atoms with Crippen LogP contribution in [0.25, 0.3) is 0 Å². The molecule has 0 aromatic rings. The highest BCUT2D eigenvalue weighted by atomic mass is 16.4. The molecule has 0 aliphatic heterocycles. The molecular weight excluding hydrogens is 182 g/mol. The van der Waals surface area contributed by atoms with E-state index in [1.165, 1.54) is 0 Å². The lowest BCUT2D eigenvalue weighted by Crippen LogP contribution is -2.40. The predicted molar refractivity (Wildman–Crippen MR) is 53.9 cm³/mol. The number of aliphatic carboxylic acids is 1. The van der Waals surface area contributed by atoms with Crippen LogP contribution in [0.4, 0.5) is 0 Å². The maximum atomic E-state index is 11.5. The molecule has 0 aliphatic carbocycles. The Morgan fingerprint density at radius 1 is 1.36 bits per heavy atom. The average molecular weight is 201 g/mol. The molecule has 0 aromatic carbocycles. The Morgan fingerprint density at radius 2 is 1.86 bits per heavy atom. The molecule has 0 heterocycles. The number of nitrogens with one attached hydrogen (secondary N) is 1. The number of hydrogen-bond donors (Lipinski definition) is 2. The summed E-state index contributed by atoms with van der Waals surface area (Å²) in [5.74, 6) is -0.878. The number of carboxylic acid groups (broad SMARTS) is 1. The first-order valence-electron chi connectivity index (χ1n) is 4.76. The molecule has 1 atom stereocenters. The molecular formula is C10H19NO3. The van der Waals surface area contributed by atoms with Crippen LogP contribution in [0.2, 0.25) is 0 Å². The largest absolute Gasteiger partial charge is 0.481 e. The lowest BCUT2D eigenvalue weighted by Gasteiger charge is -2.21. The zero-order chi connectivity index (χ0) is 11.4. The van der Waals surface area contributed by atoms with Crippen LogP contribution in [0.1, 0.15) is 40.5 Å². The van der Waals surface area contributed by atoms with Crippen LogP contribution >= 0.6 is 0 Å². The van der Waals surface area contributed by atoms with Gasteiger partial charge in [0.25, 0.3) is 0 Å². The Labute approximate surface area is 84.7 Å². The van der Waals surface area contributed by atoms with Gasteiger partial charge in [0.15, 0.2) is 0 Å². The number of hydrogen-bond acceptors (Lipinski definition) is 2. The van der Waals surface area contributed by atoms with Crippen LogP contribution in [-0.4, -0.2) is 23.0 Å². The van der Waals surface area contributed by atoms with Gasteiger partial charge in [-0.25, -0.2) is 0 Å². The van der Waals surface area contributed by atoms with Gasteiger partial charge in [0.1, 0.15) is 0 Å². The van der Waals surface area contributed by atoms with Crippen LogP contribution in [0, 0.1) is 5.41 Å². The molecule has 14 heavy (non-hydrogen) atoms. The topological polar surface area (TPSA) is 66.4 Å². The van der Waals surface area contributed by atoms with Crippen molar-refractivity contribution in [3.05, 3.63) is 0 Å². The van der Waals surface area contributed by atoms with Crippen molar-refractivity contribution in [2.45, 2.75) is 46.6 Å². The van der Waals surface area contributed by atoms with E-state index >= 15 is 0 Å². The first-order valence-corrected chi connectivity index (χ1v) is 4.76. The molecule has 0 aromatic heterocycles. The van der Waals surface area contributed by atoms with Crippen molar-refractivity contribution in [1.29, 1.82) is 0 Å². The first-order chi connectivity index (χ1) is 6.23. The van der Waals surface area contributed by atoms with Gasteiger partial charge in [0.2, 0.25) is 5.91 Å². The van der Waals surface area contributed by atoms with E-state index in [-0.39, 0.29) is 18.4 Å². The summed E-state index contributed by atoms with van der Waals surface area (Å²) < 4.78 is 0. The summed E-state index contributed by atoms with van der Waals surface area (Å²) in [5, 5.41) is 11.2. The summed E-state index contributed by atoms with van der Waals surface area (Å²) in [6, 6.07) is -0.0853. The van der Waals surface area contributed by atoms with Crippen molar-refractivity contribution in [2.24, 2.45) is 5.41 Å². The second kappa shape index (κ2) is 4.98. The molecule has 82 valence electrons. The third-order valence-corrected chi connectivity index (χ3v) is 1.85. The minimum atomic E-state index is -0.832. The highest BCUT2D eigenvalue weighted by Gasteiger charge is 2.22. The predicted octanol–water partition coefficient (Wildman–Crippen LogP) is 1.40. The standard InChI is InChI=1S/C10H19NO3/c1-7(5-6-8(12)13)11-9(14)10(2,3)4/h7H,5-6H2,1-4H3,(H,11,14)(H,12,13). The van der Waals surface area contributed by atoms with Crippen molar-refractivity contribution in [3.63, 3.8) is 0 Å². The fourth-order valence-corrected chi connectivity index (χ4v) is 0.852. The fraction of sp³-hybridized carbons (Fsp3) is 0.800. The molecule has 1 unspecified atom stereocenters. The van der Waals surface area contributed by atoms with Crippen LogP contribution in [0.3, 0.4) is 0 Å². The second-order valence-electron chi connectivity index (χ2n) is 4.56. The van der Waals surface area contributed by atoms with E-state index in [1.54, 1.807) is 0 Å². The van der Waals surface area contributed by atoms with Crippen molar-refractivity contribution < 1.29 is 14.7 Å². The summed E-state index contributed by atoms with van der Waals surface area (Å²) in [7, 11) is 0. The Hall–Kier alpha value is -1.06. The molecule has 1 amide bonds. The highest BCUT2D eigenvalue weighted by molar-refractivity contribution is 5.81. The molecule has 0 aliphatic rings. The van der Waals surface area contributed by atoms with Gasteiger partial charge in [0, 0.05) is 17.9 Å². The van der Waals surface area contributed by atoms with Gasteiger partial charge in [-0.05, 0) is 13.3 Å². The van der Waals surface area contributed by atoms with E-state index in [2.05, 4.69) is 5.32 Å². The minimum Gasteiger partial charge on any atom is -0.481 e. The zero-order valence-corrected chi connectivity index (χ0v) is 9.26. The summed E-state index contributed by atoms with van der Waals surface area (Å²) in [6.07, 6.45) is 0.558. The first kappa shape index (κ1) is 12.9. The van der Waals surface area contributed by atoms with E-state index in [1.807, 2.05) is 27.7 Å². The summed E-state index contributed by atoms with van der Waals surface area (Å²) in [6.45, 7) is 7.29. The van der Waals surface area contributed by atoms with Crippen LogP contribution in [0.5, 0.6) is 0 Å². The molecule has 4 heteroatoms.